The molecule has 0 aliphatic rings. The summed E-state index contributed by atoms with van der Waals surface area (Å²) in [7, 11) is 3.07. The lowest BCUT2D eigenvalue weighted by Gasteiger charge is -2.12. The summed E-state index contributed by atoms with van der Waals surface area (Å²) < 4.78 is 48.3. The molecule has 2 aromatic rings. The highest BCUT2D eigenvalue weighted by atomic mass is 19.4. The fraction of sp³-hybridized carbons (Fsp3) is 0.250. The Balaban J connectivity index is 2.10. The van der Waals surface area contributed by atoms with Gasteiger partial charge in [0, 0.05) is 12.2 Å². The predicted molar refractivity (Wildman–Crippen MR) is 78.3 cm³/mol. The molecule has 0 aliphatic carbocycles. The van der Waals surface area contributed by atoms with Crippen LogP contribution in [0.25, 0.3) is 0 Å². The monoisotopic (exact) mass is 311 g/mol. The van der Waals surface area contributed by atoms with Gasteiger partial charge in [-0.15, -0.1) is 0 Å². The summed E-state index contributed by atoms with van der Waals surface area (Å²) in [6, 6.07) is 10.4. The van der Waals surface area contributed by atoms with Crippen molar-refractivity contribution >= 4 is 5.69 Å². The van der Waals surface area contributed by atoms with Crippen molar-refractivity contribution in [1.82, 2.24) is 0 Å². The van der Waals surface area contributed by atoms with Crippen molar-refractivity contribution in [3.63, 3.8) is 0 Å². The lowest BCUT2D eigenvalue weighted by atomic mass is 10.1. The number of nitrogens with one attached hydrogen (secondary N) is 1. The third-order valence-electron chi connectivity index (χ3n) is 3.13. The van der Waals surface area contributed by atoms with Gasteiger partial charge in [-0.2, -0.15) is 13.2 Å². The summed E-state index contributed by atoms with van der Waals surface area (Å²) in [4.78, 5) is 0. The molecular weight excluding hydrogens is 295 g/mol. The fourth-order valence-electron chi connectivity index (χ4n) is 2.00. The highest BCUT2D eigenvalue weighted by molar-refractivity contribution is 5.48. The van der Waals surface area contributed by atoms with Gasteiger partial charge in [0.1, 0.15) is 0 Å². The van der Waals surface area contributed by atoms with E-state index in [1.165, 1.54) is 13.2 Å². The highest BCUT2D eigenvalue weighted by Crippen LogP contribution is 2.31. The molecule has 0 radical (unpaired) electrons. The second-order valence-electron chi connectivity index (χ2n) is 4.62. The van der Waals surface area contributed by atoms with Crippen LogP contribution in [0.15, 0.2) is 42.5 Å². The first-order valence-electron chi connectivity index (χ1n) is 6.56. The molecule has 0 spiro atoms. The molecule has 0 atom stereocenters. The van der Waals surface area contributed by atoms with Crippen molar-refractivity contribution in [3.8, 4) is 11.5 Å². The molecule has 3 nitrogen and oxygen atoms in total. The van der Waals surface area contributed by atoms with Crippen LogP contribution in [0.3, 0.4) is 0 Å². The van der Waals surface area contributed by atoms with Crippen LogP contribution in [0.4, 0.5) is 18.9 Å². The van der Waals surface area contributed by atoms with Crippen LogP contribution in [-0.2, 0) is 12.7 Å². The molecule has 0 aromatic heterocycles. The molecule has 2 aromatic carbocycles. The normalized spacial score (nSPS) is 11.1. The second-order valence-corrected chi connectivity index (χ2v) is 4.62. The highest BCUT2D eigenvalue weighted by Gasteiger charge is 2.30. The van der Waals surface area contributed by atoms with Crippen molar-refractivity contribution in [3.05, 3.63) is 53.6 Å². The van der Waals surface area contributed by atoms with E-state index in [1.54, 1.807) is 25.3 Å². The number of methoxy groups -OCH3 is 2. The van der Waals surface area contributed by atoms with Gasteiger partial charge in [0.05, 0.1) is 19.8 Å². The Kier molecular flexibility index (Phi) is 4.80. The van der Waals surface area contributed by atoms with E-state index in [0.29, 0.717) is 23.7 Å². The molecule has 0 bridgehead atoms. The van der Waals surface area contributed by atoms with Crippen LogP contribution in [0, 0.1) is 0 Å². The van der Waals surface area contributed by atoms with E-state index < -0.39 is 11.7 Å². The summed E-state index contributed by atoms with van der Waals surface area (Å²) in [5.41, 5.74) is 0.601. The molecule has 118 valence electrons. The number of anilines is 1. The van der Waals surface area contributed by atoms with E-state index in [2.05, 4.69) is 5.32 Å². The molecule has 22 heavy (non-hydrogen) atoms. The van der Waals surface area contributed by atoms with Crippen LogP contribution in [0.5, 0.6) is 11.5 Å². The molecule has 0 unspecified atom stereocenters. The minimum Gasteiger partial charge on any atom is -0.493 e. The SMILES string of the molecule is COc1ccc(CNc2cccc(C(F)(F)F)c2)cc1OC. The number of ether oxygens (including phenoxy) is 2. The average molecular weight is 311 g/mol. The molecule has 0 aliphatic heterocycles. The summed E-state index contributed by atoms with van der Waals surface area (Å²) in [5, 5.41) is 2.97. The second kappa shape index (κ2) is 6.60. The molecule has 0 amide bonds. The number of alkyl halides is 3. The van der Waals surface area contributed by atoms with Crippen LogP contribution in [0.1, 0.15) is 11.1 Å². The fourth-order valence-corrected chi connectivity index (χ4v) is 2.00. The molecule has 2 rings (SSSR count). The molecule has 0 saturated heterocycles. The first-order valence-corrected chi connectivity index (χ1v) is 6.56. The Hall–Kier alpha value is -2.37. The van der Waals surface area contributed by atoms with Gasteiger partial charge < -0.3 is 14.8 Å². The van der Waals surface area contributed by atoms with Gasteiger partial charge in [-0.05, 0) is 35.9 Å². The number of rotatable bonds is 5. The van der Waals surface area contributed by atoms with E-state index in [0.717, 1.165) is 17.7 Å². The first kappa shape index (κ1) is 16.0. The van der Waals surface area contributed by atoms with E-state index in [9.17, 15) is 13.2 Å². The molecular formula is C16H16F3NO2. The number of hydrogen-bond donors (Lipinski definition) is 1. The molecule has 6 heteroatoms. The van der Waals surface area contributed by atoms with Crippen LogP contribution < -0.4 is 14.8 Å². The third-order valence-corrected chi connectivity index (χ3v) is 3.13. The van der Waals surface area contributed by atoms with Crippen molar-refractivity contribution in [2.75, 3.05) is 19.5 Å². The smallest absolute Gasteiger partial charge is 0.416 e. The first-order chi connectivity index (χ1) is 10.4. The molecule has 0 fully saturated rings. The van der Waals surface area contributed by atoms with Gasteiger partial charge in [-0.25, -0.2) is 0 Å². The van der Waals surface area contributed by atoms with Crippen molar-refractivity contribution < 1.29 is 22.6 Å². The lowest BCUT2D eigenvalue weighted by molar-refractivity contribution is -0.137. The Morgan fingerprint density at radius 2 is 1.68 bits per heavy atom. The van der Waals surface area contributed by atoms with Gasteiger partial charge in [0.2, 0.25) is 0 Å². The lowest BCUT2D eigenvalue weighted by Crippen LogP contribution is -2.06. The minimum atomic E-state index is -4.35. The predicted octanol–water partition coefficient (Wildman–Crippen LogP) is 4.33. The van der Waals surface area contributed by atoms with E-state index in [-0.39, 0.29) is 0 Å². The van der Waals surface area contributed by atoms with Gasteiger partial charge in [-0.1, -0.05) is 12.1 Å². The number of halogens is 3. The van der Waals surface area contributed by atoms with E-state index in [1.807, 2.05) is 6.07 Å². The largest absolute Gasteiger partial charge is 0.493 e. The van der Waals surface area contributed by atoms with Crippen LogP contribution in [-0.4, -0.2) is 14.2 Å². The van der Waals surface area contributed by atoms with Gasteiger partial charge in [0.25, 0.3) is 0 Å². The maximum absolute atomic E-state index is 12.7. The standard InChI is InChI=1S/C16H16F3NO2/c1-21-14-7-6-11(8-15(14)22-2)10-20-13-5-3-4-12(9-13)16(17,18)19/h3-9,20H,10H2,1-2H3. The average Bonchev–Trinajstić information content (AvgIpc) is 2.52. The minimum absolute atomic E-state index is 0.377. The van der Waals surface area contributed by atoms with E-state index >= 15 is 0 Å². The van der Waals surface area contributed by atoms with Crippen molar-refractivity contribution in [1.29, 1.82) is 0 Å². The van der Waals surface area contributed by atoms with Gasteiger partial charge in [-0.3, -0.25) is 0 Å². The zero-order chi connectivity index (χ0) is 16.2. The van der Waals surface area contributed by atoms with Crippen LogP contribution in [0.2, 0.25) is 0 Å². The summed E-state index contributed by atoms with van der Waals surface area (Å²) in [6.45, 7) is 0.377. The topological polar surface area (TPSA) is 30.5 Å². The summed E-state index contributed by atoms with van der Waals surface area (Å²) >= 11 is 0. The summed E-state index contributed by atoms with van der Waals surface area (Å²) in [6.07, 6.45) is -4.35. The number of benzene rings is 2. The Morgan fingerprint density at radius 3 is 2.32 bits per heavy atom. The maximum Gasteiger partial charge on any atom is 0.416 e. The zero-order valence-corrected chi connectivity index (χ0v) is 12.2. The Bertz CT molecular complexity index is 642. The van der Waals surface area contributed by atoms with E-state index in [4.69, 9.17) is 9.47 Å². The molecule has 1 N–H and O–H groups in total. The van der Waals surface area contributed by atoms with Crippen molar-refractivity contribution in [2.24, 2.45) is 0 Å². The van der Waals surface area contributed by atoms with Gasteiger partial charge in [0.15, 0.2) is 11.5 Å². The Labute approximate surface area is 126 Å². The zero-order valence-electron chi connectivity index (χ0n) is 12.2. The number of hydrogen-bond acceptors (Lipinski definition) is 3. The maximum atomic E-state index is 12.7. The summed E-state index contributed by atoms with van der Waals surface area (Å²) in [5.74, 6) is 1.18. The van der Waals surface area contributed by atoms with Gasteiger partial charge >= 0.3 is 6.18 Å². The van der Waals surface area contributed by atoms with Crippen molar-refractivity contribution in [2.45, 2.75) is 12.7 Å². The Morgan fingerprint density at radius 1 is 0.955 bits per heavy atom. The quantitative estimate of drug-likeness (QED) is 0.891. The van der Waals surface area contributed by atoms with Crippen LogP contribution >= 0.6 is 0 Å². The third kappa shape index (κ3) is 3.84. The molecule has 0 heterocycles. The molecule has 0 saturated carbocycles.